The van der Waals surface area contributed by atoms with Crippen LogP contribution in [-0.2, 0) is 4.79 Å². The number of carbonyl (C=O) groups is 1. The minimum atomic E-state index is 0.00136. The van der Waals surface area contributed by atoms with E-state index in [1.54, 1.807) is 0 Å². The van der Waals surface area contributed by atoms with Crippen LogP contribution in [0.3, 0.4) is 0 Å². The topological polar surface area (TPSA) is 55.1 Å². The molecule has 1 amide bonds. The Hall–Kier alpha value is -0.570. The molecule has 1 fully saturated rings. The summed E-state index contributed by atoms with van der Waals surface area (Å²) in [7, 11) is 0. The van der Waals surface area contributed by atoms with E-state index in [2.05, 4.69) is 39.9 Å². The minimum absolute atomic E-state index is 0.00136. The molecule has 0 atom stereocenters. The zero-order chi connectivity index (χ0) is 14.7. The molecule has 0 aromatic heterocycles. The second-order valence-electron chi connectivity index (χ2n) is 7.29. The number of carbonyl (C=O) groups excluding carboxylic acids is 1. The van der Waals surface area contributed by atoms with Crippen molar-refractivity contribution in [3.05, 3.63) is 0 Å². The van der Waals surface area contributed by atoms with Crippen LogP contribution < -0.4 is 11.1 Å². The molecule has 0 aromatic carbocycles. The summed E-state index contributed by atoms with van der Waals surface area (Å²) in [6.07, 6.45) is 6.59. The van der Waals surface area contributed by atoms with E-state index >= 15 is 0 Å². The Balaban J connectivity index is 2.33. The van der Waals surface area contributed by atoms with Crippen LogP contribution in [0, 0.1) is 10.8 Å². The maximum absolute atomic E-state index is 12.0. The van der Waals surface area contributed by atoms with Gasteiger partial charge in [-0.1, -0.05) is 60.3 Å². The van der Waals surface area contributed by atoms with Crippen molar-refractivity contribution in [3.63, 3.8) is 0 Å². The number of hydrogen-bond acceptors (Lipinski definition) is 2. The highest BCUT2D eigenvalue weighted by molar-refractivity contribution is 5.76. The summed E-state index contributed by atoms with van der Waals surface area (Å²) in [5.41, 5.74) is 6.21. The predicted molar refractivity (Wildman–Crippen MR) is 80.8 cm³/mol. The molecular weight excluding hydrogens is 236 g/mol. The molecule has 0 heterocycles. The minimum Gasteiger partial charge on any atom is -0.352 e. The average Bonchev–Trinajstić information content (AvgIpc) is 2.34. The van der Waals surface area contributed by atoms with Gasteiger partial charge in [-0.2, -0.15) is 0 Å². The quantitative estimate of drug-likeness (QED) is 0.697. The highest BCUT2D eigenvalue weighted by Gasteiger charge is 2.60. The Bertz CT molecular complexity index is 294. The molecule has 1 aliphatic rings. The Morgan fingerprint density at radius 3 is 2.11 bits per heavy atom. The maximum atomic E-state index is 12.0. The Morgan fingerprint density at radius 2 is 1.58 bits per heavy atom. The van der Waals surface area contributed by atoms with E-state index in [1.165, 1.54) is 19.3 Å². The predicted octanol–water partition coefficient (Wildman–Crippen LogP) is 3.23. The molecule has 3 heteroatoms. The molecule has 0 saturated heterocycles. The van der Waals surface area contributed by atoms with Crippen LogP contribution in [-0.4, -0.2) is 18.0 Å². The number of hydrogen-bond donors (Lipinski definition) is 2. The standard InChI is InChI=1S/C16H32N2O/c1-6-7-8-9-10-11-12(19)18-14-15(2,3)13(17)16(14,4)5/h13-14H,6-11,17H2,1-5H3,(H,18,19). The molecule has 3 nitrogen and oxygen atoms in total. The van der Waals surface area contributed by atoms with Crippen molar-refractivity contribution in [2.24, 2.45) is 16.6 Å². The van der Waals surface area contributed by atoms with Gasteiger partial charge in [0.25, 0.3) is 0 Å². The zero-order valence-corrected chi connectivity index (χ0v) is 13.4. The Kier molecular flexibility index (Phi) is 5.43. The van der Waals surface area contributed by atoms with Crippen molar-refractivity contribution >= 4 is 5.91 Å². The normalized spacial score (nSPS) is 27.7. The van der Waals surface area contributed by atoms with Gasteiger partial charge >= 0.3 is 0 Å². The van der Waals surface area contributed by atoms with Gasteiger partial charge in [-0.3, -0.25) is 4.79 Å². The van der Waals surface area contributed by atoms with Gasteiger partial charge in [0.1, 0.15) is 0 Å². The lowest BCUT2D eigenvalue weighted by Gasteiger charge is -2.62. The Labute approximate surface area is 118 Å². The molecule has 0 bridgehead atoms. The van der Waals surface area contributed by atoms with Crippen molar-refractivity contribution in [2.75, 3.05) is 0 Å². The lowest BCUT2D eigenvalue weighted by atomic mass is 9.48. The number of unbranched alkanes of at least 4 members (excludes halogenated alkanes) is 4. The first-order valence-corrected chi connectivity index (χ1v) is 7.79. The third-order valence-corrected chi connectivity index (χ3v) is 4.90. The van der Waals surface area contributed by atoms with Crippen molar-refractivity contribution < 1.29 is 4.79 Å². The first-order valence-electron chi connectivity index (χ1n) is 7.79. The largest absolute Gasteiger partial charge is 0.352 e. The molecular formula is C16H32N2O. The second kappa shape index (κ2) is 6.25. The number of rotatable bonds is 7. The molecule has 19 heavy (non-hydrogen) atoms. The van der Waals surface area contributed by atoms with Crippen LogP contribution >= 0.6 is 0 Å². The fourth-order valence-corrected chi connectivity index (χ4v) is 3.67. The summed E-state index contributed by atoms with van der Waals surface area (Å²) in [6.45, 7) is 10.8. The number of nitrogens with one attached hydrogen (secondary N) is 1. The monoisotopic (exact) mass is 268 g/mol. The molecule has 112 valence electrons. The summed E-state index contributed by atoms with van der Waals surface area (Å²) < 4.78 is 0. The second-order valence-corrected chi connectivity index (χ2v) is 7.29. The van der Waals surface area contributed by atoms with Crippen molar-refractivity contribution in [1.82, 2.24) is 5.32 Å². The van der Waals surface area contributed by atoms with E-state index < -0.39 is 0 Å². The van der Waals surface area contributed by atoms with Crippen molar-refractivity contribution in [3.8, 4) is 0 Å². The summed E-state index contributed by atoms with van der Waals surface area (Å²) in [4.78, 5) is 12.0. The van der Waals surface area contributed by atoms with Gasteiger partial charge in [0.05, 0.1) is 0 Å². The van der Waals surface area contributed by atoms with Crippen molar-refractivity contribution in [1.29, 1.82) is 0 Å². The number of amides is 1. The van der Waals surface area contributed by atoms with E-state index in [9.17, 15) is 4.79 Å². The molecule has 3 N–H and O–H groups in total. The summed E-state index contributed by atoms with van der Waals surface area (Å²) >= 11 is 0. The molecule has 0 spiro atoms. The summed E-state index contributed by atoms with van der Waals surface area (Å²) in [6, 6.07) is 0.341. The average molecular weight is 268 g/mol. The van der Waals surface area contributed by atoms with Crippen LogP contribution in [0.1, 0.15) is 73.1 Å². The van der Waals surface area contributed by atoms with Crippen LogP contribution in [0.2, 0.25) is 0 Å². The van der Waals surface area contributed by atoms with Crippen LogP contribution in [0.4, 0.5) is 0 Å². The van der Waals surface area contributed by atoms with Gasteiger partial charge in [-0.25, -0.2) is 0 Å². The lowest BCUT2D eigenvalue weighted by molar-refractivity contribution is -0.132. The van der Waals surface area contributed by atoms with E-state index in [-0.39, 0.29) is 28.8 Å². The highest BCUT2D eigenvalue weighted by Crippen LogP contribution is 2.52. The van der Waals surface area contributed by atoms with Gasteiger partial charge in [-0.15, -0.1) is 0 Å². The number of nitrogens with two attached hydrogens (primary N) is 1. The van der Waals surface area contributed by atoms with Crippen LogP contribution in [0.25, 0.3) is 0 Å². The fraction of sp³-hybridized carbons (Fsp3) is 0.938. The van der Waals surface area contributed by atoms with E-state index in [4.69, 9.17) is 5.73 Å². The molecule has 0 unspecified atom stereocenters. The van der Waals surface area contributed by atoms with Gasteiger partial charge in [0, 0.05) is 29.3 Å². The molecule has 0 aromatic rings. The third-order valence-electron chi connectivity index (χ3n) is 4.90. The van der Waals surface area contributed by atoms with Gasteiger partial charge in [0.15, 0.2) is 0 Å². The third kappa shape index (κ3) is 3.50. The molecule has 1 rings (SSSR count). The first-order chi connectivity index (χ1) is 8.74. The van der Waals surface area contributed by atoms with Crippen LogP contribution in [0.5, 0.6) is 0 Å². The molecule has 0 aliphatic heterocycles. The molecule has 1 saturated carbocycles. The van der Waals surface area contributed by atoms with E-state index in [1.807, 2.05) is 0 Å². The first kappa shape index (κ1) is 16.5. The summed E-state index contributed by atoms with van der Waals surface area (Å²) in [5.74, 6) is 0.189. The highest BCUT2D eigenvalue weighted by atomic mass is 16.1. The van der Waals surface area contributed by atoms with Gasteiger partial charge in [-0.05, 0) is 6.42 Å². The zero-order valence-electron chi connectivity index (χ0n) is 13.4. The van der Waals surface area contributed by atoms with Crippen LogP contribution in [0.15, 0.2) is 0 Å². The van der Waals surface area contributed by atoms with Gasteiger partial charge < -0.3 is 11.1 Å². The maximum Gasteiger partial charge on any atom is 0.220 e. The molecule has 0 radical (unpaired) electrons. The van der Waals surface area contributed by atoms with E-state index in [0.29, 0.717) is 6.42 Å². The fourth-order valence-electron chi connectivity index (χ4n) is 3.67. The smallest absolute Gasteiger partial charge is 0.220 e. The van der Waals surface area contributed by atoms with E-state index in [0.717, 1.165) is 12.8 Å². The van der Waals surface area contributed by atoms with Gasteiger partial charge in [0.2, 0.25) is 5.91 Å². The van der Waals surface area contributed by atoms with Crippen molar-refractivity contribution in [2.45, 2.75) is 85.2 Å². The summed E-state index contributed by atoms with van der Waals surface area (Å²) in [5, 5.41) is 3.20. The lowest BCUT2D eigenvalue weighted by Crippen LogP contribution is -2.76. The Morgan fingerprint density at radius 1 is 1.05 bits per heavy atom. The SMILES string of the molecule is CCCCCCCC(=O)NC1C(C)(C)C(N)C1(C)C. The molecule has 1 aliphatic carbocycles.